The quantitative estimate of drug-likeness (QED) is 0.470. The average Bonchev–Trinajstić information content (AvgIpc) is 3.40. The van der Waals surface area contributed by atoms with E-state index in [1.165, 1.54) is 12.4 Å². The molecule has 2 fully saturated rings. The van der Waals surface area contributed by atoms with E-state index in [1.54, 1.807) is 12.1 Å². The number of fused-ring (bicyclic) bond motifs is 1. The van der Waals surface area contributed by atoms with Gasteiger partial charge in [0, 0.05) is 43.0 Å². The Morgan fingerprint density at radius 1 is 1.19 bits per heavy atom. The third-order valence-electron chi connectivity index (χ3n) is 7.46. The van der Waals surface area contributed by atoms with Crippen molar-refractivity contribution in [1.82, 2.24) is 24.1 Å². The van der Waals surface area contributed by atoms with Gasteiger partial charge in [-0.1, -0.05) is 20.8 Å². The standard InChI is InChI=1S/C26H35N5O4S/c1-4-26(2,3)25-29-22-14-21(7-8-23(22)30(25)16-18-9-11-35-12-10-18)36(33,34)31-17-19(15-27-31)13-24(32)28-20-5-6-20/h7-8,14-15,17-18,20H,4-6,9-13,16H2,1-3H3,(H,28,32). The molecular weight excluding hydrogens is 478 g/mol. The number of hydrogen-bond donors (Lipinski definition) is 1. The molecule has 36 heavy (non-hydrogen) atoms. The Morgan fingerprint density at radius 3 is 2.64 bits per heavy atom. The topological polar surface area (TPSA) is 108 Å². The van der Waals surface area contributed by atoms with Gasteiger partial charge in [0.05, 0.1) is 28.5 Å². The summed E-state index contributed by atoms with van der Waals surface area (Å²) in [5.74, 6) is 1.37. The minimum absolute atomic E-state index is 0.108. The summed E-state index contributed by atoms with van der Waals surface area (Å²) in [6, 6.07) is 5.39. The molecule has 0 radical (unpaired) electrons. The minimum Gasteiger partial charge on any atom is -0.381 e. The minimum atomic E-state index is -3.92. The SMILES string of the molecule is CCC(C)(C)c1nc2cc(S(=O)(=O)n3cc(CC(=O)NC4CC4)cn3)ccc2n1CC1CCOCC1. The Hall–Kier alpha value is -2.72. The van der Waals surface area contributed by atoms with Crippen LogP contribution in [0, 0.1) is 5.92 Å². The number of rotatable bonds is 9. The molecule has 3 heterocycles. The maximum atomic E-state index is 13.4. The van der Waals surface area contributed by atoms with Crippen LogP contribution in [-0.2, 0) is 37.9 Å². The van der Waals surface area contributed by atoms with Crippen molar-refractivity contribution >= 4 is 27.0 Å². The molecule has 3 aromatic rings. The van der Waals surface area contributed by atoms with Crippen LogP contribution in [0.1, 0.15) is 64.3 Å². The lowest BCUT2D eigenvalue weighted by atomic mass is 9.89. The van der Waals surface area contributed by atoms with E-state index in [-0.39, 0.29) is 28.7 Å². The molecule has 0 spiro atoms. The number of carbonyl (C=O) groups excluding carboxylic acids is 1. The van der Waals surface area contributed by atoms with Crippen molar-refractivity contribution in [1.29, 1.82) is 0 Å². The van der Waals surface area contributed by atoms with Gasteiger partial charge in [-0.05, 0) is 56.2 Å². The van der Waals surface area contributed by atoms with Gasteiger partial charge in [0.25, 0.3) is 10.0 Å². The number of carbonyl (C=O) groups is 1. The van der Waals surface area contributed by atoms with Crippen molar-refractivity contribution in [3.05, 3.63) is 42.0 Å². The number of aromatic nitrogens is 4. The van der Waals surface area contributed by atoms with E-state index in [4.69, 9.17) is 9.72 Å². The van der Waals surface area contributed by atoms with Crippen LogP contribution in [0.5, 0.6) is 0 Å². The van der Waals surface area contributed by atoms with Gasteiger partial charge >= 0.3 is 0 Å². The van der Waals surface area contributed by atoms with Crippen molar-refractivity contribution in [3.63, 3.8) is 0 Å². The first kappa shape index (κ1) is 25.0. The zero-order valence-electron chi connectivity index (χ0n) is 21.2. The third-order valence-corrected chi connectivity index (χ3v) is 9.00. The van der Waals surface area contributed by atoms with Crippen molar-refractivity contribution in [2.75, 3.05) is 13.2 Å². The summed E-state index contributed by atoms with van der Waals surface area (Å²) in [5, 5.41) is 6.97. The molecule has 1 aromatic carbocycles. The summed E-state index contributed by atoms with van der Waals surface area (Å²) in [7, 11) is -3.92. The predicted octanol–water partition coefficient (Wildman–Crippen LogP) is 3.41. The highest BCUT2D eigenvalue weighted by Gasteiger charge is 2.29. The van der Waals surface area contributed by atoms with Crippen molar-refractivity contribution in [2.45, 2.75) is 82.2 Å². The predicted molar refractivity (Wildman–Crippen MR) is 136 cm³/mol. The van der Waals surface area contributed by atoms with Crippen molar-refractivity contribution in [2.24, 2.45) is 5.92 Å². The fourth-order valence-electron chi connectivity index (χ4n) is 4.68. The van der Waals surface area contributed by atoms with Crippen molar-refractivity contribution in [3.8, 4) is 0 Å². The molecule has 1 N–H and O–H groups in total. The Morgan fingerprint density at radius 2 is 1.94 bits per heavy atom. The van der Waals surface area contributed by atoms with Gasteiger partial charge in [-0.15, -0.1) is 0 Å². The number of nitrogens with zero attached hydrogens (tertiary/aromatic N) is 4. The highest BCUT2D eigenvalue weighted by molar-refractivity contribution is 7.89. The van der Waals surface area contributed by atoms with Gasteiger partial charge in [0.2, 0.25) is 5.91 Å². The van der Waals surface area contributed by atoms with Gasteiger partial charge in [0.1, 0.15) is 5.82 Å². The van der Waals surface area contributed by atoms with E-state index >= 15 is 0 Å². The molecule has 0 unspecified atom stereocenters. The molecule has 1 aliphatic heterocycles. The van der Waals surface area contributed by atoms with Crippen LogP contribution in [0.25, 0.3) is 11.0 Å². The zero-order chi connectivity index (χ0) is 25.5. The molecule has 9 nitrogen and oxygen atoms in total. The zero-order valence-corrected chi connectivity index (χ0v) is 22.1. The van der Waals surface area contributed by atoms with E-state index < -0.39 is 10.0 Å². The number of hydrogen-bond acceptors (Lipinski definition) is 6. The summed E-state index contributed by atoms with van der Waals surface area (Å²) in [5.41, 5.74) is 2.01. The molecule has 5 rings (SSSR count). The third kappa shape index (κ3) is 5.06. The van der Waals surface area contributed by atoms with E-state index in [0.717, 1.165) is 67.3 Å². The molecule has 10 heteroatoms. The molecule has 2 aromatic heterocycles. The number of imidazole rings is 1. The van der Waals surface area contributed by atoms with Crippen LogP contribution in [0.3, 0.4) is 0 Å². The Kier molecular flexibility index (Phi) is 6.67. The molecule has 1 amide bonds. The highest BCUT2D eigenvalue weighted by Crippen LogP contribution is 2.32. The first-order valence-electron chi connectivity index (χ1n) is 12.8. The average molecular weight is 514 g/mol. The molecule has 1 aliphatic carbocycles. The van der Waals surface area contributed by atoms with Crippen molar-refractivity contribution < 1.29 is 17.9 Å². The van der Waals surface area contributed by atoms with E-state index in [1.807, 2.05) is 6.07 Å². The van der Waals surface area contributed by atoms with Gasteiger partial charge in [-0.3, -0.25) is 4.79 Å². The first-order chi connectivity index (χ1) is 17.2. The Bertz CT molecular complexity index is 1360. The fourth-order valence-corrected chi connectivity index (χ4v) is 5.84. The van der Waals surface area contributed by atoms with Crippen LogP contribution in [0.2, 0.25) is 0 Å². The van der Waals surface area contributed by atoms with Crippen LogP contribution in [-0.4, -0.2) is 52.3 Å². The normalized spacial score (nSPS) is 17.5. The lowest BCUT2D eigenvalue weighted by molar-refractivity contribution is -0.120. The fraction of sp³-hybridized carbons (Fsp3) is 0.577. The molecule has 2 aliphatic rings. The van der Waals surface area contributed by atoms with Gasteiger partial charge in [0.15, 0.2) is 0 Å². The molecule has 194 valence electrons. The maximum absolute atomic E-state index is 13.4. The maximum Gasteiger partial charge on any atom is 0.283 e. The molecular formula is C26H35N5O4S. The molecule has 0 bridgehead atoms. The second-order valence-corrected chi connectivity index (χ2v) is 12.5. The molecule has 1 saturated carbocycles. The number of benzene rings is 1. The van der Waals surface area contributed by atoms with Crippen LogP contribution >= 0.6 is 0 Å². The molecule has 1 saturated heterocycles. The summed E-state index contributed by atoms with van der Waals surface area (Å²) < 4.78 is 35.5. The second-order valence-electron chi connectivity index (χ2n) is 10.7. The molecule has 0 atom stereocenters. The summed E-state index contributed by atoms with van der Waals surface area (Å²) >= 11 is 0. The smallest absolute Gasteiger partial charge is 0.283 e. The van der Waals surface area contributed by atoms with Crippen LogP contribution in [0.4, 0.5) is 0 Å². The lowest BCUT2D eigenvalue weighted by Crippen LogP contribution is -2.26. The monoisotopic (exact) mass is 513 g/mol. The van der Waals surface area contributed by atoms with E-state index in [0.29, 0.717) is 17.0 Å². The largest absolute Gasteiger partial charge is 0.381 e. The van der Waals surface area contributed by atoms with E-state index in [2.05, 4.69) is 35.8 Å². The van der Waals surface area contributed by atoms with Crippen LogP contribution in [0.15, 0.2) is 35.5 Å². The number of ether oxygens (including phenoxy) is 1. The second kappa shape index (κ2) is 9.63. The Balaban J connectivity index is 1.45. The summed E-state index contributed by atoms with van der Waals surface area (Å²) in [6.45, 7) is 8.90. The number of nitrogens with one attached hydrogen (secondary N) is 1. The van der Waals surface area contributed by atoms with Gasteiger partial charge < -0.3 is 14.6 Å². The van der Waals surface area contributed by atoms with E-state index in [9.17, 15) is 13.2 Å². The Labute approximate surface area is 212 Å². The lowest BCUT2D eigenvalue weighted by Gasteiger charge is -2.28. The van der Waals surface area contributed by atoms with Gasteiger partial charge in [-0.25, -0.2) is 4.98 Å². The first-order valence-corrected chi connectivity index (χ1v) is 14.3. The number of amides is 1. The summed E-state index contributed by atoms with van der Waals surface area (Å²) in [6.07, 6.45) is 7.91. The van der Waals surface area contributed by atoms with Gasteiger partial charge in [-0.2, -0.15) is 17.6 Å². The van der Waals surface area contributed by atoms with Crippen LogP contribution < -0.4 is 5.32 Å². The summed E-state index contributed by atoms with van der Waals surface area (Å²) in [4.78, 5) is 17.2. The highest BCUT2D eigenvalue weighted by atomic mass is 32.2.